The highest BCUT2D eigenvalue weighted by molar-refractivity contribution is 8.18. The van der Waals surface area contributed by atoms with E-state index in [1.165, 1.54) is 18.2 Å². The van der Waals surface area contributed by atoms with E-state index in [-0.39, 0.29) is 17.3 Å². The zero-order valence-electron chi connectivity index (χ0n) is 18.3. The number of rotatable bonds is 7. The second-order valence-corrected chi connectivity index (χ2v) is 8.52. The van der Waals surface area contributed by atoms with E-state index in [0.29, 0.717) is 34.0 Å². The van der Waals surface area contributed by atoms with Crippen molar-refractivity contribution in [2.75, 3.05) is 11.9 Å². The summed E-state index contributed by atoms with van der Waals surface area (Å²) in [6, 6.07) is 14.0. The van der Waals surface area contributed by atoms with Crippen LogP contribution >= 0.6 is 11.8 Å². The second kappa shape index (κ2) is 10.6. The molecular formula is C25H16F4N2O4S. The van der Waals surface area contributed by atoms with Crippen LogP contribution in [0.4, 0.5) is 28.0 Å². The molecule has 3 aromatic carbocycles. The van der Waals surface area contributed by atoms with Crippen molar-refractivity contribution >= 4 is 40.6 Å². The molecule has 184 valence electrons. The number of halogens is 4. The first-order chi connectivity index (χ1) is 17.2. The lowest BCUT2D eigenvalue weighted by Crippen LogP contribution is -2.36. The van der Waals surface area contributed by atoms with Crippen molar-refractivity contribution in [2.45, 2.75) is 6.61 Å². The van der Waals surface area contributed by atoms with Gasteiger partial charge in [-0.15, -0.1) is 0 Å². The van der Waals surface area contributed by atoms with E-state index in [9.17, 15) is 31.9 Å². The van der Waals surface area contributed by atoms with E-state index in [2.05, 4.69) is 0 Å². The number of hydrogen-bond donors (Lipinski definition) is 1. The average molecular weight is 516 g/mol. The monoisotopic (exact) mass is 516 g/mol. The highest BCUT2D eigenvalue weighted by Crippen LogP contribution is 2.32. The quantitative estimate of drug-likeness (QED) is 0.255. The number of thioether (sulfide) groups is 1. The van der Waals surface area contributed by atoms with Gasteiger partial charge in [-0.25, -0.2) is 17.6 Å². The van der Waals surface area contributed by atoms with Gasteiger partial charge in [-0.2, -0.15) is 0 Å². The predicted molar refractivity (Wildman–Crippen MR) is 125 cm³/mol. The lowest BCUT2D eigenvalue weighted by atomic mass is 10.2. The molecule has 0 spiro atoms. The maximum atomic E-state index is 13.8. The first-order valence-corrected chi connectivity index (χ1v) is 11.2. The van der Waals surface area contributed by atoms with E-state index in [4.69, 9.17) is 4.74 Å². The third-order valence-corrected chi connectivity index (χ3v) is 5.87. The summed E-state index contributed by atoms with van der Waals surface area (Å²) in [6.07, 6.45) is 1.45. The van der Waals surface area contributed by atoms with Crippen LogP contribution in [0.3, 0.4) is 0 Å². The van der Waals surface area contributed by atoms with Crippen LogP contribution in [0.25, 0.3) is 6.08 Å². The molecule has 3 aromatic rings. The number of anilines is 1. The normalized spacial score (nSPS) is 14.4. The molecule has 3 amide bonds. The summed E-state index contributed by atoms with van der Waals surface area (Å²) in [5, 5.41) is 1.29. The minimum Gasteiger partial charge on any atom is -0.489 e. The highest BCUT2D eigenvalue weighted by atomic mass is 32.2. The van der Waals surface area contributed by atoms with Gasteiger partial charge in [0.1, 0.15) is 24.7 Å². The van der Waals surface area contributed by atoms with Gasteiger partial charge in [0.15, 0.2) is 17.5 Å². The fourth-order valence-electron chi connectivity index (χ4n) is 3.18. The maximum Gasteiger partial charge on any atom is 0.294 e. The van der Waals surface area contributed by atoms with Crippen LogP contribution in [0.15, 0.2) is 65.6 Å². The van der Waals surface area contributed by atoms with E-state index in [1.807, 2.05) is 5.32 Å². The number of imide groups is 1. The number of benzene rings is 3. The predicted octanol–water partition coefficient (Wildman–Crippen LogP) is 5.50. The summed E-state index contributed by atoms with van der Waals surface area (Å²) < 4.78 is 58.9. The summed E-state index contributed by atoms with van der Waals surface area (Å²) in [4.78, 5) is 37.9. The zero-order chi connectivity index (χ0) is 25.8. The zero-order valence-corrected chi connectivity index (χ0v) is 19.1. The molecule has 1 aliphatic rings. The fourth-order valence-corrected chi connectivity index (χ4v) is 4.02. The summed E-state index contributed by atoms with van der Waals surface area (Å²) in [7, 11) is 0. The minimum absolute atomic E-state index is 0.0440. The molecule has 0 bridgehead atoms. The van der Waals surface area contributed by atoms with Crippen molar-refractivity contribution in [3.05, 3.63) is 100.0 Å². The first-order valence-electron chi connectivity index (χ1n) is 10.4. The van der Waals surface area contributed by atoms with E-state index >= 15 is 0 Å². The van der Waals surface area contributed by atoms with Gasteiger partial charge in [-0.3, -0.25) is 19.3 Å². The van der Waals surface area contributed by atoms with Crippen molar-refractivity contribution in [3.8, 4) is 5.75 Å². The van der Waals surface area contributed by atoms with Gasteiger partial charge in [0.05, 0.1) is 10.6 Å². The average Bonchev–Trinajstić information content (AvgIpc) is 3.11. The molecule has 0 aromatic heterocycles. The molecule has 1 aliphatic heterocycles. The Bertz CT molecular complexity index is 1380. The number of amides is 3. The van der Waals surface area contributed by atoms with Gasteiger partial charge >= 0.3 is 0 Å². The largest absolute Gasteiger partial charge is 0.489 e. The molecule has 4 rings (SSSR count). The number of carbonyl (C=O) groups excluding carboxylic acids is 3. The number of carbonyl (C=O) groups is 3. The van der Waals surface area contributed by atoms with Crippen molar-refractivity contribution in [3.63, 3.8) is 0 Å². The van der Waals surface area contributed by atoms with E-state index in [0.717, 1.165) is 11.6 Å². The van der Waals surface area contributed by atoms with Crippen LogP contribution in [0.2, 0.25) is 0 Å². The van der Waals surface area contributed by atoms with Crippen LogP contribution in [-0.2, 0) is 16.2 Å². The van der Waals surface area contributed by atoms with Crippen molar-refractivity contribution in [1.29, 1.82) is 0 Å². The summed E-state index contributed by atoms with van der Waals surface area (Å²) in [5.41, 5.74) is 0.675. The highest BCUT2D eigenvalue weighted by Gasteiger charge is 2.36. The summed E-state index contributed by atoms with van der Waals surface area (Å²) in [5.74, 6) is -6.39. The Morgan fingerprint density at radius 2 is 1.72 bits per heavy atom. The fraction of sp³-hybridized carbons (Fsp3) is 0.0800. The molecule has 0 atom stereocenters. The number of nitrogens with zero attached hydrogens (tertiary/aromatic N) is 1. The van der Waals surface area contributed by atoms with Crippen molar-refractivity contribution in [1.82, 2.24) is 4.90 Å². The molecule has 36 heavy (non-hydrogen) atoms. The standard InChI is InChI=1S/C25H16F4N2O4S/c26-16-6-4-14(5-7-16)13-35-17-3-1-2-15(10-17)11-20-24(33)31(25(34)36-20)12-21(32)30-19-9-8-18(27)22(28)23(19)29/h1-11H,12-13H2,(H,30,32)/b20-11+. The van der Waals surface area contributed by atoms with Gasteiger partial charge in [-0.05, 0) is 65.4 Å². The van der Waals surface area contributed by atoms with Gasteiger partial charge in [0.25, 0.3) is 11.1 Å². The molecule has 6 nitrogen and oxygen atoms in total. The number of hydrogen-bond acceptors (Lipinski definition) is 5. The maximum absolute atomic E-state index is 13.8. The molecular weight excluding hydrogens is 500 g/mol. The van der Waals surface area contributed by atoms with Crippen LogP contribution in [-0.4, -0.2) is 28.5 Å². The molecule has 0 radical (unpaired) electrons. The Hall–Kier alpha value is -4.12. The van der Waals surface area contributed by atoms with Gasteiger partial charge in [-0.1, -0.05) is 24.3 Å². The Kier molecular flexibility index (Phi) is 7.39. The van der Waals surface area contributed by atoms with E-state index < -0.39 is 46.7 Å². The Labute approximate surface area is 206 Å². The smallest absolute Gasteiger partial charge is 0.294 e. The molecule has 0 unspecified atom stereocenters. The molecule has 11 heteroatoms. The van der Waals surface area contributed by atoms with Gasteiger partial charge in [0.2, 0.25) is 5.91 Å². The van der Waals surface area contributed by atoms with E-state index in [1.54, 1.807) is 36.4 Å². The second-order valence-electron chi connectivity index (χ2n) is 7.53. The van der Waals surface area contributed by atoms with Crippen molar-refractivity contribution in [2.24, 2.45) is 0 Å². The number of nitrogens with one attached hydrogen (secondary N) is 1. The van der Waals surface area contributed by atoms with Crippen LogP contribution in [0.1, 0.15) is 11.1 Å². The summed E-state index contributed by atoms with van der Waals surface area (Å²) in [6.45, 7) is -0.560. The van der Waals surface area contributed by atoms with Gasteiger partial charge < -0.3 is 10.1 Å². The molecule has 1 saturated heterocycles. The number of ether oxygens (including phenoxy) is 1. The topological polar surface area (TPSA) is 75.7 Å². The Morgan fingerprint density at radius 1 is 0.972 bits per heavy atom. The van der Waals surface area contributed by atoms with Gasteiger partial charge in [0, 0.05) is 0 Å². The molecule has 1 fully saturated rings. The lowest BCUT2D eigenvalue weighted by molar-refractivity contribution is -0.127. The molecule has 0 saturated carbocycles. The van der Waals surface area contributed by atoms with Crippen LogP contribution in [0.5, 0.6) is 5.75 Å². The third-order valence-electron chi connectivity index (χ3n) is 4.96. The molecule has 1 N–H and O–H groups in total. The SMILES string of the molecule is O=C(CN1C(=O)S/C(=C/c2cccc(OCc3ccc(F)cc3)c2)C1=O)Nc1ccc(F)c(F)c1F. The third kappa shape index (κ3) is 5.74. The van der Waals surface area contributed by atoms with Crippen LogP contribution in [0, 0.1) is 23.3 Å². The molecule has 0 aliphatic carbocycles. The first kappa shape index (κ1) is 25.0. The van der Waals surface area contributed by atoms with Crippen LogP contribution < -0.4 is 10.1 Å². The Morgan fingerprint density at radius 3 is 2.47 bits per heavy atom. The minimum atomic E-state index is -1.76. The van der Waals surface area contributed by atoms with Crippen molar-refractivity contribution < 1.29 is 36.7 Å². The molecule has 1 heterocycles. The lowest BCUT2D eigenvalue weighted by Gasteiger charge is -2.13. The Balaban J connectivity index is 1.41. The summed E-state index contributed by atoms with van der Waals surface area (Å²) >= 11 is 0.608.